The SMILES string of the molecule is Cc1c([C@@H]2CN(Cc3cn(-c4ccnc(C(F)F)n4)cn3)CCN2)ccc2c1COC2=O. The summed E-state index contributed by atoms with van der Waals surface area (Å²) in [6, 6.07) is 5.56. The molecule has 1 aromatic carbocycles. The predicted octanol–water partition coefficient (Wildman–Crippen LogP) is 2.73. The Morgan fingerprint density at radius 3 is 3.00 bits per heavy atom. The largest absolute Gasteiger partial charge is 0.457 e. The van der Waals surface area contributed by atoms with Crippen molar-refractivity contribution < 1.29 is 18.3 Å². The average Bonchev–Trinajstić information content (AvgIpc) is 3.42. The van der Waals surface area contributed by atoms with E-state index in [0.717, 1.165) is 42.0 Å². The van der Waals surface area contributed by atoms with Crippen molar-refractivity contribution >= 4 is 5.97 Å². The number of nitrogens with zero attached hydrogens (tertiary/aromatic N) is 5. The maximum Gasteiger partial charge on any atom is 0.338 e. The first-order valence-corrected chi connectivity index (χ1v) is 10.4. The van der Waals surface area contributed by atoms with Crippen LogP contribution < -0.4 is 5.32 Å². The van der Waals surface area contributed by atoms with Gasteiger partial charge in [0.15, 0.2) is 5.82 Å². The van der Waals surface area contributed by atoms with Gasteiger partial charge in [-0.2, -0.15) is 0 Å². The zero-order chi connectivity index (χ0) is 22.2. The Hall–Kier alpha value is -3.24. The molecule has 4 heterocycles. The average molecular weight is 440 g/mol. The molecule has 10 heteroatoms. The maximum atomic E-state index is 12.9. The van der Waals surface area contributed by atoms with E-state index in [1.807, 2.05) is 19.1 Å². The number of carbonyl (C=O) groups excluding carboxylic acids is 1. The lowest BCUT2D eigenvalue weighted by Gasteiger charge is -2.34. The van der Waals surface area contributed by atoms with Gasteiger partial charge in [-0.05, 0) is 30.2 Å². The number of carbonyl (C=O) groups is 1. The topological polar surface area (TPSA) is 85.2 Å². The van der Waals surface area contributed by atoms with Crippen LogP contribution in [0.3, 0.4) is 0 Å². The van der Waals surface area contributed by atoms with Gasteiger partial charge in [-0.3, -0.25) is 9.47 Å². The molecule has 1 saturated heterocycles. The summed E-state index contributed by atoms with van der Waals surface area (Å²) in [5, 5.41) is 3.56. The number of aromatic nitrogens is 4. The fourth-order valence-corrected chi connectivity index (χ4v) is 4.32. The van der Waals surface area contributed by atoms with Crippen molar-refractivity contribution in [2.24, 2.45) is 0 Å². The highest BCUT2D eigenvalue weighted by Crippen LogP contribution is 2.30. The van der Waals surface area contributed by atoms with Gasteiger partial charge in [0.1, 0.15) is 18.8 Å². The minimum Gasteiger partial charge on any atom is -0.457 e. The number of halogens is 2. The Kier molecular flexibility index (Phi) is 5.40. The molecule has 166 valence electrons. The second kappa shape index (κ2) is 8.36. The van der Waals surface area contributed by atoms with Crippen LogP contribution >= 0.6 is 0 Å². The van der Waals surface area contributed by atoms with Crippen LogP contribution in [0, 0.1) is 6.92 Å². The summed E-state index contributed by atoms with van der Waals surface area (Å²) in [6.45, 7) is 5.46. The quantitative estimate of drug-likeness (QED) is 0.611. The summed E-state index contributed by atoms with van der Waals surface area (Å²) < 4.78 is 32.6. The highest BCUT2D eigenvalue weighted by atomic mass is 19.3. The van der Waals surface area contributed by atoms with Gasteiger partial charge >= 0.3 is 5.97 Å². The molecule has 2 aliphatic heterocycles. The number of nitrogens with one attached hydrogen (secondary N) is 1. The number of piperazine rings is 1. The lowest BCUT2D eigenvalue weighted by molar-refractivity contribution is 0.0535. The highest BCUT2D eigenvalue weighted by Gasteiger charge is 2.28. The zero-order valence-corrected chi connectivity index (χ0v) is 17.5. The molecule has 0 radical (unpaired) electrons. The standard InChI is InChI=1S/C22H22F2N6O2/c1-13-15(2-3-16-17(13)11-32-22(16)31)18-10-29(7-6-25-18)8-14-9-30(12-27-14)19-4-5-26-21(28-19)20(23)24/h2-5,9,12,18,20,25H,6-8,10-11H2,1H3/t18-/m0/s1. The van der Waals surface area contributed by atoms with E-state index >= 15 is 0 Å². The molecule has 2 aliphatic rings. The molecule has 1 atom stereocenters. The molecular weight excluding hydrogens is 418 g/mol. The third kappa shape index (κ3) is 3.87. The Labute approximate surface area is 183 Å². The number of fused-ring (bicyclic) bond motifs is 1. The lowest BCUT2D eigenvalue weighted by atomic mass is 9.93. The Morgan fingerprint density at radius 1 is 1.28 bits per heavy atom. The molecule has 0 saturated carbocycles. The molecule has 0 spiro atoms. The summed E-state index contributed by atoms with van der Waals surface area (Å²) in [4.78, 5) is 26.0. The van der Waals surface area contributed by atoms with Crippen LogP contribution in [0.25, 0.3) is 5.82 Å². The van der Waals surface area contributed by atoms with Crippen LogP contribution in [0.4, 0.5) is 8.78 Å². The van der Waals surface area contributed by atoms with Crippen LogP contribution in [0.2, 0.25) is 0 Å². The number of alkyl halides is 2. The van der Waals surface area contributed by atoms with Crippen molar-refractivity contribution in [2.75, 3.05) is 19.6 Å². The van der Waals surface area contributed by atoms with E-state index in [2.05, 4.69) is 25.2 Å². The summed E-state index contributed by atoms with van der Waals surface area (Å²) in [5.74, 6) is -0.398. The van der Waals surface area contributed by atoms with Gasteiger partial charge in [-0.15, -0.1) is 0 Å². The van der Waals surface area contributed by atoms with Crippen molar-refractivity contribution in [3.05, 3.63) is 70.7 Å². The first-order valence-electron chi connectivity index (χ1n) is 10.4. The van der Waals surface area contributed by atoms with Crippen molar-refractivity contribution in [3.8, 4) is 5.82 Å². The van der Waals surface area contributed by atoms with Gasteiger partial charge in [-0.25, -0.2) is 28.5 Å². The van der Waals surface area contributed by atoms with E-state index in [4.69, 9.17) is 4.74 Å². The van der Waals surface area contributed by atoms with Gasteiger partial charge in [0.05, 0.1) is 11.3 Å². The molecule has 1 N–H and O–H groups in total. The number of cyclic esters (lactones) is 1. The lowest BCUT2D eigenvalue weighted by Crippen LogP contribution is -2.45. The van der Waals surface area contributed by atoms with Crippen LogP contribution in [0.15, 0.2) is 36.9 Å². The summed E-state index contributed by atoms with van der Waals surface area (Å²) >= 11 is 0. The van der Waals surface area contributed by atoms with Gasteiger partial charge < -0.3 is 10.1 Å². The van der Waals surface area contributed by atoms with Gasteiger partial charge in [0, 0.05) is 50.2 Å². The number of hydrogen-bond acceptors (Lipinski definition) is 7. The minimum atomic E-state index is -2.72. The van der Waals surface area contributed by atoms with Crippen molar-refractivity contribution in [1.82, 2.24) is 29.7 Å². The number of ether oxygens (including phenoxy) is 1. The number of imidazole rings is 1. The summed E-state index contributed by atoms with van der Waals surface area (Å²) in [7, 11) is 0. The molecule has 0 bridgehead atoms. The molecule has 3 aromatic rings. The molecule has 0 amide bonds. The smallest absolute Gasteiger partial charge is 0.338 e. The summed E-state index contributed by atoms with van der Waals surface area (Å²) in [6.07, 6.45) is 1.98. The predicted molar refractivity (Wildman–Crippen MR) is 110 cm³/mol. The minimum absolute atomic E-state index is 0.127. The molecule has 0 aliphatic carbocycles. The van der Waals surface area contributed by atoms with Crippen molar-refractivity contribution in [1.29, 1.82) is 0 Å². The van der Waals surface area contributed by atoms with Crippen LogP contribution in [-0.4, -0.2) is 50.0 Å². The van der Waals surface area contributed by atoms with Crippen molar-refractivity contribution in [2.45, 2.75) is 32.5 Å². The molecule has 2 aromatic heterocycles. The van der Waals surface area contributed by atoms with E-state index in [-0.39, 0.29) is 12.0 Å². The first kappa shape index (κ1) is 20.7. The maximum absolute atomic E-state index is 12.9. The highest BCUT2D eigenvalue weighted by molar-refractivity contribution is 5.94. The molecule has 32 heavy (non-hydrogen) atoms. The number of hydrogen-bond donors (Lipinski definition) is 1. The number of esters is 1. The van der Waals surface area contributed by atoms with Gasteiger partial charge in [-0.1, -0.05) is 6.07 Å². The first-order chi connectivity index (χ1) is 15.5. The number of rotatable bonds is 5. The molecule has 1 fully saturated rings. The van der Waals surface area contributed by atoms with Crippen molar-refractivity contribution in [3.63, 3.8) is 0 Å². The zero-order valence-electron chi connectivity index (χ0n) is 17.5. The third-order valence-electron chi connectivity index (χ3n) is 5.98. The molecule has 5 rings (SSSR count). The second-order valence-electron chi connectivity index (χ2n) is 7.97. The van der Waals surface area contributed by atoms with E-state index in [1.54, 1.807) is 23.2 Å². The van der Waals surface area contributed by atoms with Gasteiger partial charge in [0.2, 0.25) is 0 Å². The summed E-state index contributed by atoms with van der Waals surface area (Å²) in [5.41, 5.74) is 4.71. The van der Waals surface area contributed by atoms with Gasteiger partial charge in [0.25, 0.3) is 6.43 Å². The number of benzene rings is 1. The van der Waals surface area contributed by atoms with Crippen LogP contribution in [0.5, 0.6) is 0 Å². The van der Waals surface area contributed by atoms with Crippen LogP contribution in [0.1, 0.15) is 51.0 Å². The fourth-order valence-electron chi connectivity index (χ4n) is 4.32. The Bertz CT molecular complexity index is 1170. The van der Waals surface area contributed by atoms with E-state index in [1.165, 1.54) is 6.20 Å². The monoisotopic (exact) mass is 440 g/mol. The molecule has 8 nitrogen and oxygen atoms in total. The fraction of sp³-hybridized carbons (Fsp3) is 0.364. The van der Waals surface area contributed by atoms with E-state index < -0.39 is 12.2 Å². The van der Waals surface area contributed by atoms with Crippen LogP contribution in [-0.2, 0) is 17.9 Å². The second-order valence-corrected chi connectivity index (χ2v) is 7.97. The van der Waals surface area contributed by atoms with E-state index in [9.17, 15) is 13.6 Å². The molecular formula is C22H22F2N6O2. The third-order valence-corrected chi connectivity index (χ3v) is 5.98. The van der Waals surface area contributed by atoms with E-state index in [0.29, 0.717) is 24.5 Å². The molecule has 0 unspecified atom stereocenters. The normalized spacial score (nSPS) is 18.8. The Morgan fingerprint density at radius 2 is 2.16 bits per heavy atom. The Balaban J connectivity index is 1.30.